The molecule has 57 heavy (non-hydrogen) atoms. The van der Waals surface area contributed by atoms with E-state index >= 15 is 0 Å². The number of piperidine rings is 2. The Labute approximate surface area is 342 Å². The number of nitrogens with one attached hydrogen (secondary N) is 4. The van der Waals surface area contributed by atoms with Crippen LogP contribution in [0.25, 0.3) is 11.1 Å². The highest BCUT2D eigenvalue weighted by atomic mass is 35.5. The first kappa shape index (κ1) is 39.1. The van der Waals surface area contributed by atoms with Crippen LogP contribution in [-0.2, 0) is 29.1 Å². The third kappa shape index (κ3) is 8.46. The largest absolute Gasteiger partial charge is 0.481 e. The smallest absolute Gasteiger partial charge is 0.258 e. The van der Waals surface area contributed by atoms with Crippen molar-refractivity contribution in [3.05, 3.63) is 98.7 Å². The third-order valence-corrected chi connectivity index (χ3v) is 12.5. The SMILES string of the molecule is COc1nc(O[C@H]2CCc3c(-c4cccc(C(=O)Nc5ccc(CN6CCC7(CCCNC7=O)CC6)cn5)c4Cl)cccc32)c(Cl)cc1CNC[C@@H]1CCC(=O)N1. The Morgan fingerprint density at radius 2 is 1.82 bits per heavy atom. The molecular weight excluding hydrogens is 765 g/mol. The molecule has 0 bridgehead atoms. The Morgan fingerprint density at radius 3 is 2.58 bits per heavy atom. The van der Waals surface area contributed by atoms with Crippen molar-refractivity contribution in [1.82, 2.24) is 30.8 Å². The van der Waals surface area contributed by atoms with Crippen LogP contribution in [0.2, 0.25) is 10.0 Å². The lowest BCUT2D eigenvalue weighted by Crippen LogP contribution is -2.51. The Morgan fingerprint density at radius 1 is 1.00 bits per heavy atom. The normalized spacial score (nSPS) is 20.2. The number of anilines is 1. The number of hydrogen-bond acceptors (Lipinski definition) is 9. The maximum atomic E-state index is 13.6. The fraction of sp³-hybridized carbons (Fsp3) is 0.419. The van der Waals surface area contributed by atoms with Crippen LogP contribution in [-0.4, -0.2) is 71.9 Å². The van der Waals surface area contributed by atoms with Crippen molar-refractivity contribution in [2.24, 2.45) is 5.41 Å². The lowest BCUT2D eigenvalue weighted by molar-refractivity contribution is -0.136. The van der Waals surface area contributed by atoms with E-state index < -0.39 is 0 Å². The van der Waals surface area contributed by atoms with Crippen LogP contribution in [0.5, 0.6) is 11.8 Å². The van der Waals surface area contributed by atoms with E-state index in [-0.39, 0.29) is 41.2 Å². The van der Waals surface area contributed by atoms with Crippen LogP contribution >= 0.6 is 23.2 Å². The number of rotatable bonds is 12. The van der Waals surface area contributed by atoms with E-state index in [2.05, 4.69) is 36.1 Å². The number of hydrogen-bond donors (Lipinski definition) is 4. The highest BCUT2D eigenvalue weighted by Crippen LogP contribution is 2.44. The second-order valence-electron chi connectivity index (χ2n) is 15.5. The number of ether oxygens (including phenoxy) is 2. The van der Waals surface area contributed by atoms with E-state index in [1.54, 1.807) is 25.4 Å². The number of carbonyl (C=O) groups excluding carboxylic acids is 3. The quantitative estimate of drug-likeness (QED) is 0.124. The van der Waals surface area contributed by atoms with Gasteiger partial charge in [-0.2, -0.15) is 4.98 Å². The maximum Gasteiger partial charge on any atom is 0.258 e. The average Bonchev–Trinajstić information content (AvgIpc) is 3.84. The van der Waals surface area contributed by atoms with Gasteiger partial charge < -0.3 is 30.7 Å². The van der Waals surface area contributed by atoms with Crippen molar-refractivity contribution in [1.29, 1.82) is 0 Å². The van der Waals surface area contributed by atoms with E-state index in [9.17, 15) is 14.4 Å². The minimum atomic E-state index is -0.346. The number of likely N-dealkylation sites (tertiary alicyclic amines) is 1. The molecule has 8 rings (SSSR count). The van der Waals surface area contributed by atoms with Crippen molar-refractivity contribution >= 4 is 46.7 Å². The summed E-state index contributed by atoms with van der Waals surface area (Å²) in [6.07, 6.45) is 8.08. The lowest BCUT2D eigenvalue weighted by Gasteiger charge is -2.42. The molecule has 4 aliphatic rings. The molecule has 4 N–H and O–H groups in total. The molecule has 1 aliphatic carbocycles. The number of nitrogens with zero attached hydrogens (tertiary/aromatic N) is 3. The fourth-order valence-electron chi connectivity index (χ4n) is 8.71. The van der Waals surface area contributed by atoms with Gasteiger partial charge in [0.05, 0.1) is 23.1 Å². The van der Waals surface area contributed by atoms with Gasteiger partial charge in [0.15, 0.2) is 0 Å². The van der Waals surface area contributed by atoms with Gasteiger partial charge in [-0.3, -0.25) is 19.3 Å². The topological polar surface area (TPSA) is 147 Å². The average molecular weight is 813 g/mol. The Bertz CT molecular complexity index is 2160. The first-order chi connectivity index (χ1) is 27.7. The number of pyridine rings is 2. The Kier molecular flexibility index (Phi) is 11.7. The molecule has 14 heteroatoms. The molecule has 4 aromatic rings. The standard InChI is InChI=1S/C43H47Cl2N7O5/c1-56-40-27(23-46-24-28-10-14-37(53)49-28)21-34(44)41(51-40)57-35-12-11-30-29(5-2-6-31(30)35)32-7-3-8-33(38(32)45)39(54)50-36-13-9-26(22-48-36)25-52-19-16-43(17-20-52)15-4-18-47-42(43)55/h2-3,5-9,13,21-22,28,35,46H,4,10-12,14-20,23-25H2,1H3,(H,47,55)(H,49,53)(H,48,50,54)/t28-,35-/m0/s1. The molecule has 0 unspecified atom stereocenters. The molecular formula is C43H47Cl2N7O5. The van der Waals surface area contributed by atoms with Crippen LogP contribution < -0.4 is 30.7 Å². The molecule has 2 atom stereocenters. The molecule has 12 nitrogen and oxygen atoms in total. The van der Waals surface area contributed by atoms with Gasteiger partial charge in [-0.1, -0.05) is 59.6 Å². The molecule has 3 saturated heterocycles. The number of benzene rings is 2. The first-order valence-corrected chi connectivity index (χ1v) is 20.5. The zero-order valence-corrected chi connectivity index (χ0v) is 33.5. The Balaban J connectivity index is 0.905. The summed E-state index contributed by atoms with van der Waals surface area (Å²) in [6, 6.07) is 17.2. The maximum absolute atomic E-state index is 13.6. The van der Waals surface area contributed by atoms with E-state index in [0.29, 0.717) is 53.2 Å². The van der Waals surface area contributed by atoms with Gasteiger partial charge >= 0.3 is 0 Å². The number of halogens is 2. The van der Waals surface area contributed by atoms with Crippen molar-refractivity contribution < 1.29 is 23.9 Å². The molecule has 2 aromatic carbocycles. The minimum Gasteiger partial charge on any atom is -0.481 e. The van der Waals surface area contributed by atoms with Gasteiger partial charge in [-0.25, -0.2) is 4.98 Å². The molecule has 0 saturated carbocycles. The molecule has 3 amide bonds. The van der Waals surface area contributed by atoms with Gasteiger partial charge in [-0.15, -0.1) is 0 Å². The van der Waals surface area contributed by atoms with E-state index in [4.69, 9.17) is 32.7 Å². The van der Waals surface area contributed by atoms with Crippen molar-refractivity contribution in [2.45, 2.75) is 76.6 Å². The highest BCUT2D eigenvalue weighted by molar-refractivity contribution is 6.37. The second kappa shape index (κ2) is 17.0. The summed E-state index contributed by atoms with van der Waals surface area (Å²) in [5.41, 5.74) is 5.77. The van der Waals surface area contributed by atoms with Crippen LogP contribution in [0.3, 0.4) is 0 Å². The van der Waals surface area contributed by atoms with Gasteiger partial charge in [-0.05, 0) is 98.5 Å². The van der Waals surface area contributed by atoms with Gasteiger partial charge in [0, 0.05) is 56.0 Å². The predicted molar refractivity (Wildman–Crippen MR) is 219 cm³/mol. The molecule has 1 spiro atoms. The number of methoxy groups -OCH3 is 1. The van der Waals surface area contributed by atoms with E-state index in [1.165, 1.54) is 0 Å². The second-order valence-corrected chi connectivity index (χ2v) is 16.3. The predicted octanol–water partition coefficient (Wildman–Crippen LogP) is 6.64. The summed E-state index contributed by atoms with van der Waals surface area (Å²) in [4.78, 5) is 49.2. The number of amides is 3. The zero-order chi connectivity index (χ0) is 39.5. The molecule has 298 valence electrons. The summed E-state index contributed by atoms with van der Waals surface area (Å²) in [7, 11) is 1.56. The summed E-state index contributed by atoms with van der Waals surface area (Å²) in [5, 5.41) is 13.0. The van der Waals surface area contributed by atoms with E-state index in [1.807, 2.05) is 42.5 Å². The molecule has 2 aromatic heterocycles. The molecule has 5 heterocycles. The van der Waals surface area contributed by atoms with Crippen LogP contribution in [0, 0.1) is 5.41 Å². The van der Waals surface area contributed by atoms with Crippen LogP contribution in [0.4, 0.5) is 5.82 Å². The lowest BCUT2D eigenvalue weighted by atomic mass is 9.72. The van der Waals surface area contributed by atoms with Crippen molar-refractivity contribution in [2.75, 3.05) is 38.6 Å². The Hall–Kier alpha value is -4.75. The summed E-state index contributed by atoms with van der Waals surface area (Å²) in [6.45, 7) is 4.39. The summed E-state index contributed by atoms with van der Waals surface area (Å²) >= 11 is 13.7. The molecule has 3 aliphatic heterocycles. The first-order valence-electron chi connectivity index (χ1n) is 19.8. The van der Waals surface area contributed by atoms with Crippen molar-refractivity contribution in [3.63, 3.8) is 0 Å². The monoisotopic (exact) mass is 811 g/mol. The van der Waals surface area contributed by atoms with E-state index in [0.717, 1.165) is 98.1 Å². The summed E-state index contributed by atoms with van der Waals surface area (Å²) in [5.74, 6) is 1.10. The fourth-order valence-corrected chi connectivity index (χ4v) is 9.24. The summed E-state index contributed by atoms with van der Waals surface area (Å²) < 4.78 is 12.0. The highest BCUT2D eigenvalue weighted by Gasteiger charge is 2.42. The number of carbonyl (C=O) groups is 3. The zero-order valence-electron chi connectivity index (χ0n) is 32.0. The number of fused-ring (bicyclic) bond motifs is 1. The van der Waals surface area contributed by atoms with Gasteiger partial charge in [0.1, 0.15) is 16.9 Å². The van der Waals surface area contributed by atoms with Gasteiger partial charge in [0.2, 0.25) is 23.6 Å². The molecule has 3 fully saturated rings. The number of aromatic nitrogens is 2. The third-order valence-electron chi connectivity index (χ3n) is 11.9. The minimum absolute atomic E-state index is 0.0809. The van der Waals surface area contributed by atoms with Gasteiger partial charge in [0.25, 0.3) is 5.91 Å². The van der Waals surface area contributed by atoms with Crippen molar-refractivity contribution in [3.8, 4) is 22.9 Å². The van der Waals surface area contributed by atoms with Crippen LogP contribution in [0.1, 0.15) is 83.7 Å². The molecule has 0 radical (unpaired) electrons. The van der Waals surface area contributed by atoms with Crippen LogP contribution in [0.15, 0.2) is 60.8 Å².